The summed E-state index contributed by atoms with van der Waals surface area (Å²) < 4.78 is 28.8. The second kappa shape index (κ2) is 7.32. The number of aromatic nitrogens is 3. The van der Waals surface area contributed by atoms with Gasteiger partial charge in [-0.15, -0.1) is 0 Å². The molecule has 2 heterocycles. The lowest BCUT2D eigenvalue weighted by Gasteiger charge is -2.20. The number of rotatable bonds is 4. The van der Waals surface area contributed by atoms with Crippen LogP contribution in [0.1, 0.15) is 31.7 Å². The fraction of sp³-hybridized carbons (Fsp3) is 0.333. The van der Waals surface area contributed by atoms with Crippen molar-refractivity contribution in [1.29, 1.82) is 10.8 Å². The van der Waals surface area contributed by atoms with Crippen molar-refractivity contribution in [2.45, 2.75) is 38.0 Å². The number of carbonyl (C=O) groups excluding carboxylic acids is 1. The number of hydrogen-bond donors (Lipinski definition) is 2. The summed E-state index contributed by atoms with van der Waals surface area (Å²) in [6.45, 7) is 3.87. The fourth-order valence-corrected chi connectivity index (χ4v) is 5.42. The molecule has 0 bridgehead atoms. The lowest BCUT2D eigenvalue weighted by molar-refractivity contribution is -0.117. The summed E-state index contributed by atoms with van der Waals surface area (Å²) in [6, 6.07) is 8.10. The maximum Gasteiger partial charge on any atom is 0.269 e. The predicted octanol–water partition coefficient (Wildman–Crippen LogP) is 2.69. The van der Waals surface area contributed by atoms with Gasteiger partial charge in [0.15, 0.2) is 5.65 Å². The average Bonchev–Trinajstić information content (AvgIpc) is 3.31. The molecule has 1 aliphatic rings. The number of fused-ring (bicyclic) bond motifs is 1. The zero-order valence-corrected chi connectivity index (χ0v) is 17.6. The summed E-state index contributed by atoms with van der Waals surface area (Å²) in [5, 5.41) is 17.0. The summed E-state index contributed by atoms with van der Waals surface area (Å²) >= 11 is 0. The van der Waals surface area contributed by atoms with Gasteiger partial charge in [0.1, 0.15) is 17.1 Å². The molecule has 0 amide bonds. The maximum atomic E-state index is 13.2. The van der Waals surface area contributed by atoms with Crippen LogP contribution in [0, 0.1) is 29.6 Å². The highest BCUT2D eigenvalue weighted by molar-refractivity contribution is 7.90. The zero-order valence-electron chi connectivity index (χ0n) is 16.8. The van der Waals surface area contributed by atoms with Gasteiger partial charge >= 0.3 is 0 Å². The highest BCUT2D eigenvalue weighted by atomic mass is 32.2. The van der Waals surface area contributed by atoms with Crippen molar-refractivity contribution >= 4 is 32.8 Å². The van der Waals surface area contributed by atoms with E-state index in [9.17, 15) is 13.2 Å². The Bertz CT molecular complexity index is 1320. The van der Waals surface area contributed by atoms with Gasteiger partial charge in [-0.2, -0.15) is 0 Å². The van der Waals surface area contributed by atoms with Crippen molar-refractivity contribution in [2.75, 3.05) is 0 Å². The number of aryl methyl sites for hydroxylation is 1. The molecule has 4 rings (SSSR count). The van der Waals surface area contributed by atoms with Crippen molar-refractivity contribution in [3.8, 4) is 0 Å². The second-order valence-electron chi connectivity index (χ2n) is 7.72. The van der Waals surface area contributed by atoms with Gasteiger partial charge in [0.2, 0.25) is 0 Å². The van der Waals surface area contributed by atoms with E-state index in [2.05, 4.69) is 4.98 Å². The first-order valence-corrected chi connectivity index (χ1v) is 11.2. The predicted molar refractivity (Wildman–Crippen MR) is 112 cm³/mol. The molecule has 0 spiro atoms. The molecule has 8 nitrogen and oxygen atoms in total. The van der Waals surface area contributed by atoms with E-state index in [0.717, 1.165) is 16.0 Å². The Kier molecular flexibility index (Phi) is 4.93. The largest absolute Gasteiger partial charge is 0.300 e. The minimum atomic E-state index is -3.88. The molecule has 1 aromatic carbocycles. The van der Waals surface area contributed by atoms with Crippen LogP contribution in [0.15, 0.2) is 47.6 Å². The lowest BCUT2D eigenvalue weighted by atomic mass is 9.92. The van der Waals surface area contributed by atoms with E-state index in [-0.39, 0.29) is 45.9 Å². The highest BCUT2D eigenvalue weighted by Crippen LogP contribution is 2.33. The number of benzene rings is 1. The number of hydrogen-bond acceptors (Lipinski definition) is 6. The van der Waals surface area contributed by atoms with E-state index in [1.54, 1.807) is 30.3 Å². The van der Waals surface area contributed by atoms with Crippen molar-refractivity contribution in [1.82, 2.24) is 13.5 Å². The van der Waals surface area contributed by atoms with Crippen LogP contribution >= 0.6 is 0 Å². The summed E-state index contributed by atoms with van der Waals surface area (Å²) in [7, 11) is -3.88. The van der Waals surface area contributed by atoms with Crippen LogP contribution < -0.4 is 5.49 Å². The van der Waals surface area contributed by atoms with Crippen LogP contribution in [0.4, 0.5) is 0 Å². The Balaban J connectivity index is 1.85. The summed E-state index contributed by atoms with van der Waals surface area (Å²) in [5.74, 6) is 0.0156. The normalized spacial score (nSPS) is 19.5. The van der Waals surface area contributed by atoms with Crippen LogP contribution in [0.5, 0.6) is 0 Å². The third-order valence-corrected chi connectivity index (χ3v) is 7.48. The van der Waals surface area contributed by atoms with Gasteiger partial charge in [-0.3, -0.25) is 20.2 Å². The number of carbonyl (C=O) groups is 1. The number of ketones is 1. The Morgan fingerprint density at radius 1 is 1.20 bits per heavy atom. The molecule has 1 aliphatic carbocycles. The van der Waals surface area contributed by atoms with Crippen LogP contribution in [0.3, 0.4) is 0 Å². The van der Waals surface area contributed by atoms with Crippen LogP contribution in [0.2, 0.25) is 0 Å². The highest BCUT2D eigenvalue weighted by Gasteiger charge is 2.36. The molecule has 0 radical (unpaired) electrons. The Labute approximate surface area is 174 Å². The minimum absolute atomic E-state index is 0.0211. The molecule has 2 atom stereocenters. The smallest absolute Gasteiger partial charge is 0.269 e. The van der Waals surface area contributed by atoms with Gasteiger partial charge in [0.25, 0.3) is 10.0 Å². The zero-order chi connectivity index (χ0) is 21.6. The minimum Gasteiger partial charge on any atom is -0.300 e. The molecule has 0 saturated heterocycles. The first-order valence-electron chi connectivity index (χ1n) is 9.80. The quantitative estimate of drug-likeness (QED) is 0.493. The molecule has 2 unspecified atom stereocenters. The molecule has 156 valence electrons. The van der Waals surface area contributed by atoms with Crippen molar-refractivity contribution in [3.05, 3.63) is 53.8 Å². The maximum absolute atomic E-state index is 13.2. The molecule has 2 N–H and O–H groups in total. The Hall–Kier alpha value is -3.07. The van der Waals surface area contributed by atoms with E-state index < -0.39 is 10.0 Å². The molecule has 30 heavy (non-hydrogen) atoms. The van der Waals surface area contributed by atoms with E-state index >= 15 is 0 Å². The van der Waals surface area contributed by atoms with Crippen molar-refractivity contribution < 1.29 is 13.2 Å². The molecule has 1 saturated carbocycles. The molecule has 0 aliphatic heterocycles. The Morgan fingerprint density at radius 3 is 2.57 bits per heavy atom. The standard InChI is InChI=1S/C21H23N5O3S/c1-3-14-10-15(27)11-17(14)20(23)26-18-8-9-25(21(18)24-12-19(26)22)30(28,29)16-6-4-13(2)5-7-16/h4-9,12,14,17,22-23H,3,10-11H2,1-2H3. The summed E-state index contributed by atoms with van der Waals surface area (Å²) in [4.78, 5) is 16.3. The monoisotopic (exact) mass is 425 g/mol. The third-order valence-electron chi connectivity index (χ3n) is 5.80. The van der Waals surface area contributed by atoms with Crippen LogP contribution in [0.25, 0.3) is 11.2 Å². The van der Waals surface area contributed by atoms with E-state index in [0.29, 0.717) is 11.9 Å². The van der Waals surface area contributed by atoms with E-state index in [4.69, 9.17) is 10.8 Å². The topological polar surface area (TPSA) is 122 Å². The number of Topliss-reactive ketones (excluding diaryl/α,β-unsaturated/α-hetero) is 1. The average molecular weight is 426 g/mol. The third kappa shape index (κ3) is 3.19. The van der Waals surface area contributed by atoms with Gasteiger partial charge in [-0.1, -0.05) is 31.0 Å². The number of nitrogens with one attached hydrogen (secondary N) is 2. The molecule has 9 heteroatoms. The van der Waals surface area contributed by atoms with Gasteiger partial charge in [-0.25, -0.2) is 17.4 Å². The Morgan fingerprint density at radius 2 is 1.90 bits per heavy atom. The molecule has 3 aromatic rings. The second-order valence-corrected chi connectivity index (χ2v) is 9.54. The van der Waals surface area contributed by atoms with Crippen molar-refractivity contribution in [3.63, 3.8) is 0 Å². The first-order chi connectivity index (χ1) is 14.2. The fourth-order valence-electron chi connectivity index (χ4n) is 4.13. The SMILES string of the molecule is CCC1CC(=O)CC1C(=N)n1c(=N)cnc2c1ccn2S(=O)(=O)c1ccc(C)cc1. The molecular weight excluding hydrogens is 402 g/mol. The molecular formula is C21H23N5O3S. The van der Waals surface area contributed by atoms with Crippen LogP contribution in [-0.2, 0) is 14.8 Å². The van der Waals surface area contributed by atoms with E-state index in [1.165, 1.54) is 17.0 Å². The van der Waals surface area contributed by atoms with Gasteiger partial charge in [0.05, 0.1) is 16.6 Å². The number of nitrogens with zero attached hydrogens (tertiary/aromatic N) is 3. The summed E-state index contributed by atoms with van der Waals surface area (Å²) in [5.41, 5.74) is 1.43. The van der Waals surface area contributed by atoms with E-state index in [1.807, 2.05) is 13.8 Å². The first kappa shape index (κ1) is 20.2. The lowest BCUT2D eigenvalue weighted by Crippen LogP contribution is -2.34. The van der Waals surface area contributed by atoms with Crippen LogP contribution in [-0.4, -0.2) is 33.6 Å². The summed E-state index contributed by atoms with van der Waals surface area (Å²) in [6.07, 6.45) is 4.12. The van der Waals surface area contributed by atoms with Gasteiger partial charge < -0.3 is 0 Å². The van der Waals surface area contributed by atoms with Gasteiger partial charge in [0, 0.05) is 25.0 Å². The van der Waals surface area contributed by atoms with Crippen molar-refractivity contribution in [2.24, 2.45) is 11.8 Å². The molecule has 2 aromatic heterocycles. The van der Waals surface area contributed by atoms with Gasteiger partial charge in [-0.05, 0) is 31.0 Å². The molecule has 1 fully saturated rings.